The van der Waals surface area contributed by atoms with Gasteiger partial charge in [0.25, 0.3) is 5.91 Å². The van der Waals surface area contributed by atoms with Gasteiger partial charge in [-0.2, -0.15) is 0 Å². The highest BCUT2D eigenvalue weighted by atomic mass is 16.3. The Morgan fingerprint density at radius 1 is 1.28 bits per heavy atom. The van der Waals surface area contributed by atoms with E-state index in [2.05, 4.69) is 10.3 Å². The normalized spacial score (nSPS) is 25.3. The van der Waals surface area contributed by atoms with Crippen LogP contribution in [-0.4, -0.2) is 46.1 Å². The van der Waals surface area contributed by atoms with E-state index in [9.17, 15) is 9.90 Å². The van der Waals surface area contributed by atoms with Gasteiger partial charge < -0.3 is 15.3 Å². The maximum atomic E-state index is 12.8. The minimum absolute atomic E-state index is 0.0896. The summed E-state index contributed by atoms with van der Waals surface area (Å²) < 4.78 is 0. The first-order valence-corrected chi connectivity index (χ1v) is 9.79. The first-order chi connectivity index (χ1) is 12.2. The van der Waals surface area contributed by atoms with Gasteiger partial charge >= 0.3 is 0 Å². The molecule has 5 nitrogen and oxygen atoms in total. The second-order valence-electron chi connectivity index (χ2n) is 7.68. The second-order valence-corrected chi connectivity index (χ2v) is 7.68. The Balaban J connectivity index is 1.47. The third-order valence-electron chi connectivity index (χ3n) is 5.71. The average Bonchev–Trinajstić information content (AvgIpc) is 2.65. The van der Waals surface area contributed by atoms with E-state index in [4.69, 9.17) is 0 Å². The fourth-order valence-corrected chi connectivity index (χ4v) is 4.17. The summed E-state index contributed by atoms with van der Waals surface area (Å²) in [5.41, 5.74) is -0.198. The van der Waals surface area contributed by atoms with Gasteiger partial charge in [0.2, 0.25) is 0 Å². The fraction of sp³-hybridized carbons (Fsp3) is 0.700. The molecular weight excluding hydrogens is 314 g/mol. The van der Waals surface area contributed by atoms with Crippen molar-refractivity contribution in [1.29, 1.82) is 0 Å². The highest BCUT2D eigenvalue weighted by Crippen LogP contribution is 2.28. The van der Waals surface area contributed by atoms with Gasteiger partial charge in [-0.05, 0) is 36.8 Å². The number of amides is 1. The van der Waals surface area contributed by atoms with Crippen molar-refractivity contribution in [2.24, 2.45) is 5.92 Å². The minimum Gasteiger partial charge on any atom is -0.379 e. The third-order valence-corrected chi connectivity index (χ3v) is 5.71. The topological polar surface area (TPSA) is 65.5 Å². The Morgan fingerprint density at radius 3 is 2.88 bits per heavy atom. The molecular formula is C20H31N3O2. The van der Waals surface area contributed by atoms with Crippen LogP contribution in [-0.2, 0) is 11.3 Å². The molecule has 2 fully saturated rings. The van der Waals surface area contributed by atoms with Crippen LogP contribution < -0.4 is 5.32 Å². The first kappa shape index (κ1) is 18.3. The van der Waals surface area contributed by atoms with Crippen molar-refractivity contribution in [3.8, 4) is 0 Å². The quantitative estimate of drug-likeness (QED) is 0.797. The number of aliphatic hydroxyl groups is 1. The zero-order chi connectivity index (χ0) is 17.5. The van der Waals surface area contributed by atoms with Crippen LogP contribution in [0.5, 0.6) is 0 Å². The molecule has 1 aliphatic heterocycles. The predicted octanol–water partition coefficient (Wildman–Crippen LogP) is 2.50. The molecule has 3 rings (SSSR count). The molecule has 1 atom stereocenters. The van der Waals surface area contributed by atoms with E-state index in [0.29, 0.717) is 19.5 Å². The number of rotatable bonds is 7. The van der Waals surface area contributed by atoms with Crippen LogP contribution in [0, 0.1) is 5.92 Å². The Hall–Kier alpha value is -1.46. The summed E-state index contributed by atoms with van der Waals surface area (Å²) in [6.45, 7) is 2.51. The number of likely N-dealkylation sites (tertiary alicyclic amines) is 1. The molecule has 138 valence electrons. The van der Waals surface area contributed by atoms with Crippen LogP contribution in [0.25, 0.3) is 0 Å². The molecule has 1 saturated heterocycles. The monoisotopic (exact) mass is 345 g/mol. The van der Waals surface area contributed by atoms with E-state index in [1.165, 1.54) is 32.1 Å². The molecule has 0 bridgehead atoms. The van der Waals surface area contributed by atoms with Gasteiger partial charge in [-0.1, -0.05) is 38.2 Å². The number of nitrogens with one attached hydrogen (secondary N) is 1. The maximum Gasteiger partial charge on any atom is 0.255 e. The van der Waals surface area contributed by atoms with Crippen molar-refractivity contribution in [3.05, 3.63) is 30.1 Å². The van der Waals surface area contributed by atoms with Crippen molar-refractivity contribution >= 4 is 5.91 Å². The lowest BCUT2D eigenvalue weighted by Gasteiger charge is -2.39. The molecule has 0 radical (unpaired) electrons. The van der Waals surface area contributed by atoms with E-state index < -0.39 is 5.60 Å². The summed E-state index contributed by atoms with van der Waals surface area (Å²) in [7, 11) is 0. The number of hydrogen-bond donors (Lipinski definition) is 2. The lowest BCUT2D eigenvalue weighted by Crippen LogP contribution is -2.58. The largest absolute Gasteiger partial charge is 0.379 e. The van der Waals surface area contributed by atoms with Gasteiger partial charge in [-0.3, -0.25) is 9.78 Å². The number of aromatic nitrogens is 1. The Bertz CT molecular complexity index is 545. The highest BCUT2D eigenvalue weighted by molar-refractivity contribution is 5.86. The summed E-state index contributed by atoms with van der Waals surface area (Å²) in [6.07, 6.45) is 12.7. The number of pyridine rings is 1. The van der Waals surface area contributed by atoms with Crippen LogP contribution in [0.4, 0.5) is 0 Å². The molecule has 1 aliphatic carbocycles. The van der Waals surface area contributed by atoms with Gasteiger partial charge in [-0.15, -0.1) is 0 Å². The Morgan fingerprint density at radius 2 is 2.12 bits per heavy atom. The van der Waals surface area contributed by atoms with Gasteiger partial charge in [0.15, 0.2) is 5.60 Å². The van der Waals surface area contributed by atoms with Gasteiger partial charge in [0, 0.05) is 38.6 Å². The van der Waals surface area contributed by atoms with Gasteiger partial charge in [0.05, 0.1) is 0 Å². The van der Waals surface area contributed by atoms with E-state index in [0.717, 1.165) is 37.4 Å². The Labute approximate surface area is 150 Å². The maximum absolute atomic E-state index is 12.8. The molecule has 2 aliphatic rings. The average molecular weight is 345 g/mol. The molecule has 0 unspecified atom stereocenters. The SMILES string of the molecule is O=C1N(CCC2CCCCC2)CCC[C@@]1(O)CNCc1cccnc1. The second kappa shape index (κ2) is 8.77. The van der Waals surface area contributed by atoms with E-state index in [1.54, 1.807) is 12.4 Å². The van der Waals surface area contributed by atoms with Crippen molar-refractivity contribution in [3.63, 3.8) is 0 Å². The van der Waals surface area contributed by atoms with Crippen LogP contribution in [0.15, 0.2) is 24.5 Å². The first-order valence-electron chi connectivity index (χ1n) is 9.79. The van der Waals surface area contributed by atoms with E-state index in [1.807, 2.05) is 17.0 Å². The van der Waals surface area contributed by atoms with E-state index in [-0.39, 0.29) is 5.91 Å². The number of carbonyl (C=O) groups is 1. The number of nitrogens with zero attached hydrogens (tertiary/aromatic N) is 2. The molecule has 0 aromatic carbocycles. The van der Waals surface area contributed by atoms with Crippen LogP contribution in [0.3, 0.4) is 0 Å². The molecule has 1 saturated carbocycles. The minimum atomic E-state index is -1.26. The number of hydrogen-bond acceptors (Lipinski definition) is 4. The molecule has 25 heavy (non-hydrogen) atoms. The lowest BCUT2D eigenvalue weighted by atomic mass is 9.86. The Kier molecular flexibility index (Phi) is 6.43. The number of piperidine rings is 1. The third kappa shape index (κ3) is 5.02. The predicted molar refractivity (Wildman–Crippen MR) is 97.9 cm³/mol. The van der Waals surface area contributed by atoms with Crippen molar-refractivity contribution < 1.29 is 9.90 Å². The standard InChI is InChI=1S/C20H31N3O2/c24-19-20(25,16-22-15-18-8-4-11-21-14-18)10-5-12-23(19)13-9-17-6-2-1-3-7-17/h4,8,11,14,17,22,25H,1-3,5-7,9-10,12-13,15-16H2/t20-/m1/s1. The van der Waals surface area contributed by atoms with Crippen LogP contribution in [0.2, 0.25) is 0 Å². The fourth-order valence-electron chi connectivity index (χ4n) is 4.17. The molecule has 1 aromatic rings. The number of carbonyl (C=O) groups excluding carboxylic acids is 1. The van der Waals surface area contributed by atoms with Crippen LogP contribution in [0.1, 0.15) is 56.9 Å². The molecule has 2 N–H and O–H groups in total. The zero-order valence-electron chi connectivity index (χ0n) is 15.1. The molecule has 2 heterocycles. The van der Waals surface area contributed by atoms with Crippen molar-refractivity contribution in [2.75, 3.05) is 19.6 Å². The highest BCUT2D eigenvalue weighted by Gasteiger charge is 2.41. The van der Waals surface area contributed by atoms with E-state index >= 15 is 0 Å². The summed E-state index contributed by atoms with van der Waals surface area (Å²) in [6, 6.07) is 3.88. The molecule has 1 aromatic heterocycles. The van der Waals surface area contributed by atoms with Gasteiger partial charge in [0.1, 0.15) is 0 Å². The molecule has 5 heteroatoms. The smallest absolute Gasteiger partial charge is 0.255 e. The summed E-state index contributed by atoms with van der Waals surface area (Å²) >= 11 is 0. The van der Waals surface area contributed by atoms with Crippen molar-refractivity contribution in [1.82, 2.24) is 15.2 Å². The summed E-state index contributed by atoms with van der Waals surface area (Å²) in [5, 5.41) is 14.1. The summed E-state index contributed by atoms with van der Waals surface area (Å²) in [4.78, 5) is 18.8. The van der Waals surface area contributed by atoms with Crippen LogP contribution >= 0.6 is 0 Å². The lowest BCUT2D eigenvalue weighted by molar-refractivity contribution is -0.156. The van der Waals surface area contributed by atoms with Gasteiger partial charge in [-0.25, -0.2) is 0 Å². The summed E-state index contributed by atoms with van der Waals surface area (Å²) in [5.74, 6) is 0.675. The molecule has 0 spiro atoms. The van der Waals surface area contributed by atoms with Crippen molar-refractivity contribution in [2.45, 2.75) is 63.5 Å². The zero-order valence-corrected chi connectivity index (χ0v) is 15.1. The molecule has 1 amide bonds.